The molecule has 0 fully saturated rings. The molecule has 0 bridgehead atoms. The smallest absolute Gasteiger partial charge is 0.362 e. The van der Waals surface area contributed by atoms with Crippen LogP contribution in [0.4, 0.5) is 5.00 Å². The van der Waals surface area contributed by atoms with Gasteiger partial charge in [0.25, 0.3) is 0 Å². The zero-order valence-electron chi connectivity index (χ0n) is 15.9. The Bertz CT molecular complexity index is 969. The van der Waals surface area contributed by atoms with Crippen LogP contribution in [0.1, 0.15) is 36.6 Å². The van der Waals surface area contributed by atoms with Crippen LogP contribution in [0.25, 0.3) is 11.4 Å². The van der Waals surface area contributed by atoms with Gasteiger partial charge in [-0.2, -0.15) is 4.98 Å². The normalized spacial score (nSPS) is 10.6. The van der Waals surface area contributed by atoms with E-state index in [4.69, 9.17) is 14.0 Å². The van der Waals surface area contributed by atoms with E-state index >= 15 is 0 Å². The van der Waals surface area contributed by atoms with Crippen molar-refractivity contribution in [1.29, 1.82) is 0 Å². The predicted octanol–water partition coefficient (Wildman–Crippen LogP) is 2.73. The van der Waals surface area contributed by atoms with Gasteiger partial charge in [-0.05, 0) is 38.1 Å². The number of rotatable bonds is 9. The first kappa shape index (κ1) is 20.4. The number of aryl methyl sites for hydroxylation is 1. The van der Waals surface area contributed by atoms with Crippen LogP contribution < -0.4 is 10.1 Å². The number of benzene rings is 1. The molecule has 0 radical (unpaired) electrons. The predicted molar refractivity (Wildman–Crippen MR) is 104 cm³/mol. The first-order valence-corrected chi connectivity index (χ1v) is 9.73. The summed E-state index contributed by atoms with van der Waals surface area (Å²) in [6.45, 7) is 4.39. The molecule has 0 atom stereocenters. The average molecular weight is 417 g/mol. The molecule has 1 amide bonds. The van der Waals surface area contributed by atoms with Crippen molar-refractivity contribution in [3.05, 3.63) is 35.9 Å². The van der Waals surface area contributed by atoms with Crippen molar-refractivity contribution < 1.29 is 23.6 Å². The molecule has 3 rings (SSSR count). The Morgan fingerprint density at radius 3 is 2.69 bits per heavy atom. The Kier molecular flexibility index (Phi) is 6.85. The molecule has 0 spiro atoms. The topological polar surface area (TPSA) is 129 Å². The molecule has 29 heavy (non-hydrogen) atoms. The minimum Gasteiger partial charge on any atom is -0.494 e. The van der Waals surface area contributed by atoms with Crippen molar-refractivity contribution in [3.8, 4) is 17.1 Å². The number of carbonyl (C=O) groups is 2. The van der Waals surface area contributed by atoms with E-state index in [2.05, 4.69) is 25.0 Å². The Labute approximate surface area is 170 Å². The van der Waals surface area contributed by atoms with Gasteiger partial charge in [0.1, 0.15) is 5.75 Å². The van der Waals surface area contributed by atoms with Crippen molar-refractivity contribution >= 4 is 28.4 Å². The lowest BCUT2D eigenvalue weighted by Crippen LogP contribution is -2.15. The van der Waals surface area contributed by atoms with E-state index in [1.807, 2.05) is 31.2 Å². The van der Waals surface area contributed by atoms with Gasteiger partial charge >= 0.3 is 5.97 Å². The molecule has 0 saturated carbocycles. The summed E-state index contributed by atoms with van der Waals surface area (Å²) >= 11 is 0.904. The number of carbonyl (C=O) groups excluding carboxylic acids is 2. The number of hydrogen-bond acceptors (Lipinski definition) is 10. The molecular formula is C18H19N5O5S. The third-order valence-electron chi connectivity index (χ3n) is 3.67. The Morgan fingerprint density at radius 1 is 1.17 bits per heavy atom. The number of nitrogens with zero attached hydrogens (tertiary/aromatic N) is 4. The lowest BCUT2D eigenvalue weighted by molar-refractivity contribution is -0.116. The standard InChI is InChI=1S/C18H19N5O5S/c1-3-26-12-7-5-11(6-8-12)16-20-14(28-22-16)10-9-13(24)19-17-15(21-23-29-17)18(25)27-4-2/h5-8H,3-4,9-10H2,1-2H3,(H,19,24). The molecule has 152 valence electrons. The molecular weight excluding hydrogens is 398 g/mol. The van der Waals surface area contributed by atoms with E-state index in [1.165, 1.54) is 0 Å². The van der Waals surface area contributed by atoms with Gasteiger partial charge in [0.15, 0.2) is 5.00 Å². The van der Waals surface area contributed by atoms with Crippen LogP contribution in [-0.4, -0.2) is 44.8 Å². The van der Waals surface area contributed by atoms with E-state index in [-0.39, 0.29) is 36.1 Å². The highest BCUT2D eigenvalue weighted by Gasteiger charge is 2.20. The molecule has 0 aliphatic rings. The van der Waals surface area contributed by atoms with E-state index in [0.717, 1.165) is 22.8 Å². The summed E-state index contributed by atoms with van der Waals surface area (Å²) in [5, 5.41) is 10.5. The van der Waals surface area contributed by atoms with Crippen LogP contribution >= 0.6 is 11.5 Å². The molecule has 10 nitrogen and oxygen atoms in total. The summed E-state index contributed by atoms with van der Waals surface area (Å²) in [7, 11) is 0. The number of aromatic nitrogens is 4. The van der Waals surface area contributed by atoms with Crippen LogP contribution in [0.2, 0.25) is 0 Å². The number of nitrogens with one attached hydrogen (secondary N) is 1. The Balaban J connectivity index is 1.55. The summed E-state index contributed by atoms with van der Waals surface area (Å²) in [6.07, 6.45) is 0.335. The van der Waals surface area contributed by atoms with Crippen molar-refractivity contribution in [2.45, 2.75) is 26.7 Å². The SMILES string of the molecule is CCOC(=O)c1nnsc1NC(=O)CCc1nc(-c2ccc(OCC)cc2)no1. The number of amides is 1. The maximum absolute atomic E-state index is 12.2. The minimum absolute atomic E-state index is 0.0132. The van der Waals surface area contributed by atoms with Crippen molar-refractivity contribution in [2.75, 3.05) is 18.5 Å². The Morgan fingerprint density at radius 2 is 1.97 bits per heavy atom. The first-order chi connectivity index (χ1) is 14.1. The quantitative estimate of drug-likeness (QED) is 0.522. The van der Waals surface area contributed by atoms with Crippen molar-refractivity contribution in [2.24, 2.45) is 0 Å². The fourth-order valence-electron chi connectivity index (χ4n) is 2.36. The zero-order valence-corrected chi connectivity index (χ0v) is 16.7. The highest BCUT2D eigenvalue weighted by Crippen LogP contribution is 2.21. The molecule has 3 aromatic rings. The third-order valence-corrected chi connectivity index (χ3v) is 4.31. The first-order valence-electron chi connectivity index (χ1n) is 8.95. The maximum Gasteiger partial charge on any atom is 0.362 e. The molecule has 0 aliphatic heterocycles. The van der Waals surface area contributed by atoms with E-state index < -0.39 is 5.97 Å². The molecule has 0 aliphatic carbocycles. The molecule has 1 N–H and O–H groups in total. The lowest BCUT2D eigenvalue weighted by atomic mass is 10.2. The van der Waals surface area contributed by atoms with Crippen molar-refractivity contribution in [1.82, 2.24) is 19.7 Å². The van der Waals surface area contributed by atoms with Gasteiger partial charge in [-0.15, -0.1) is 5.10 Å². The van der Waals surface area contributed by atoms with Crippen LogP contribution in [0.3, 0.4) is 0 Å². The van der Waals surface area contributed by atoms with Crippen LogP contribution in [0, 0.1) is 0 Å². The van der Waals surface area contributed by atoms with Crippen LogP contribution in [0.5, 0.6) is 5.75 Å². The van der Waals surface area contributed by atoms with Crippen LogP contribution in [0.15, 0.2) is 28.8 Å². The van der Waals surface area contributed by atoms with Gasteiger partial charge in [0.05, 0.1) is 13.2 Å². The third kappa shape index (κ3) is 5.35. The van der Waals surface area contributed by atoms with E-state index in [9.17, 15) is 9.59 Å². The Hall–Kier alpha value is -3.34. The second-order valence-electron chi connectivity index (χ2n) is 5.69. The summed E-state index contributed by atoms with van der Waals surface area (Å²) in [5.41, 5.74) is 0.767. The summed E-state index contributed by atoms with van der Waals surface area (Å²) in [5.74, 6) is 0.559. The molecule has 2 aromatic heterocycles. The maximum atomic E-state index is 12.2. The fraction of sp³-hybridized carbons (Fsp3) is 0.333. The number of hydrogen-bond donors (Lipinski definition) is 1. The highest BCUT2D eigenvalue weighted by atomic mass is 32.1. The van der Waals surface area contributed by atoms with Gasteiger partial charge < -0.3 is 19.3 Å². The molecule has 2 heterocycles. The average Bonchev–Trinajstić information content (AvgIpc) is 3.37. The van der Waals surface area contributed by atoms with Gasteiger partial charge in [-0.1, -0.05) is 9.64 Å². The summed E-state index contributed by atoms with van der Waals surface area (Å²) in [4.78, 5) is 28.2. The number of ether oxygens (including phenoxy) is 2. The fourth-order valence-corrected chi connectivity index (χ4v) is 2.93. The lowest BCUT2D eigenvalue weighted by Gasteiger charge is -2.03. The molecule has 0 saturated heterocycles. The van der Waals surface area contributed by atoms with E-state index in [1.54, 1.807) is 6.92 Å². The highest BCUT2D eigenvalue weighted by molar-refractivity contribution is 7.10. The second kappa shape index (κ2) is 9.73. The monoisotopic (exact) mass is 417 g/mol. The largest absolute Gasteiger partial charge is 0.494 e. The van der Waals surface area contributed by atoms with Gasteiger partial charge in [-0.25, -0.2) is 4.79 Å². The molecule has 0 unspecified atom stereocenters. The minimum atomic E-state index is -0.631. The number of esters is 1. The van der Waals surface area contributed by atoms with E-state index in [0.29, 0.717) is 18.3 Å². The number of anilines is 1. The molecule has 1 aromatic carbocycles. The van der Waals surface area contributed by atoms with Gasteiger partial charge in [0.2, 0.25) is 23.3 Å². The summed E-state index contributed by atoms with van der Waals surface area (Å²) < 4.78 is 19.2. The van der Waals surface area contributed by atoms with Gasteiger partial charge in [0, 0.05) is 29.9 Å². The van der Waals surface area contributed by atoms with Gasteiger partial charge in [-0.3, -0.25) is 4.79 Å². The summed E-state index contributed by atoms with van der Waals surface area (Å²) in [6, 6.07) is 7.32. The zero-order chi connectivity index (χ0) is 20.6. The second-order valence-corrected chi connectivity index (χ2v) is 6.44. The van der Waals surface area contributed by atoms with Crippen LogP contribution in [-0.2, 0) is 16.0 Å². The van der Waals surface area contributed by atoms with Crippen molar-refractivity contribution in [3.63, 3.8) is 0 Å². The molecule has 11 heteroatoms.